The van der Waals surface area contributed by atoms with Gasteiger partial charge in [-0.05, 0) is 30.4 Å². The van der Waals surface area contributed by atoms with E-state index in [0.717, 1.165) is 22.7 Å². The van der Waals surface area contributed by atoms with Gasteiger partial charge in [0.25, 0.3) is 0 Å². The highest BCUT2D eigenvalue weighted by Gasteiger charge is 2.13. The fraction of sp³-hybridized carbons (Fsp3) is 0.235. The number of hydrogen-bond donors (Lipinski definition) is 1. The van der Waals surface area contributed by atoms with Crippen LogP contribution in [0, 0.1) is 0 Å². The first-order valence-electron chi connectivity index (χ1n) is 6.92. The first-order chi connectivity index (χ1) is 10.7. The van der Waals surface area contributed by atoms with Gasteiger partial charge in [-0.3, -0.25) is 0 Å². The Balaban J connectivity index is 2.08. The number of rotatable bonds is 5. The van der Waals surface area contributed by atoms with Gasteiger partial charge in [-0.25, -0.2) is 0 Å². The fourth-order valence-electron chi connectivity index (χ4n) is 2.15. The molecule has 0 aliphatic carbocycles. The topological polar surface area (TPSA) is 33.7 Å². The second kappa shape index (κ2) is 7.66. The standard InChI is InChI=1S/C17H20N2O2S/c1-19(17(22)18-14-9-5-4-6-10-14)12-13-8-7-11-15(20-2)16(13)21-3/h4-11H,12H2,1-3H3,(H,18,22). The summed E-state index contributed by atoms with van der Waals surface area (Å²) in [5.41, 5.74) is 1.98. The summed E-state index contributed by atoms with van der Waals surface area (Å²) in [5, 5.41) is 3.86. The number of ether oxygens (including phenoxy) is 2. The van der Waals surface area contributed by atoms with E-state index >= 15 is 0 Å². The molecule has 0 fully saturated rings. The molecule has 0 atom stereocenters. The molecule has 0 aliphatic rings. The van der Waals surface area contributed by atoms with Crippen molar-refractivity contribution in [3.8, 4) is 11.5 Å². The van der Waals surface area contributed by atoms with Gasteiger partial charge in [0.2, 0.25) is 0 Å². The number of nitrogens with zero attached hydrogens (tertiary/aromatic N) is 1. The minimum atomic E-state index is 0.624. The molecule has 0 unspecified atom stereocenters. The van der Waals surface area contributed by atoms with Crippen LogP contribution in [-0.2, 0) is 6.54 Å². The van der Waals surface area contributed by atoms with Crippen molar-refractivity contribution in [2.45, 2.75) is 6.54 Å². The van der Waals surface area contributed by atoms with Crippen molar-refractivity contribution < 1.29 is 9.47 Å². The lowest BCUT2D eigenvalue weighted by molar-refractivity contribution is 0.347. The van der Waals surface area contributed by atoms with E-state index in [2.05, 4.69) is 5.32 Å². The number of anilines is 1. The number of hydrogen-bond acceptors (Lipinski definition) is 3. The maximum Gasteiger partial charge on any atom is 0.173 e. The Morgan fingerprint density at radius 2 is 1.77 bits per heavy atom. The molecular formula is C17H20N2O2S. The second-order valence-corrected chi connectivity index (χ2v) is 5.19. The second-order valence-electron chi connectivity index (χ2n) is 4.80. The summed E-state index contributed by atoms with van der Waals surface area (Å²) in [5.74, 6) is 1.45. The molecule has 0 radical (unpaired) electrons. The van der Waals surface area contributed by atoms with Gasteiger partial charge in [-0.2, -0.15) is 0 Å². The Hall–Kier alpha value is -2.27. The predicted octanol–water partition coefficient (Wildman–Crippen LogP) is 3.53. The molecule has 0 aliphatic heterocycles. The number of thiocarbonyl (C=S) groups is 1. The molecule has 0 amide bonds. The summed E-state index contributed by atoms with van der Waals surface area (Å²) >= 11 is 5.44. The SMILES string of the molecule is COc1cccc(CN(C)C(=S)Nc2ccccc2)c1OC. The average molecular weight is 316 g/mol. The third-order valence-corrected chi connectivity index (χ3v) is 3.68. The summed E-state index contributed by atoms with van der Waals surface area (Å²) < 4.78 is 10.8. The molecule has 0 saturated heterocycles. The van der Waals surface area contributed by atoms with Crippen LogP contribution in [0.25, 0.3) is 0 Å². The molecule has 2 rings (SSSR count). The van der Waals surface area contributed by atoms with E-state index in [1.165, 1.54) is 0 Å². The predicted molar refractivity (Wildman–Crippen MR) is 93.7 cm³/mol. The lowest BCUT2D eigenvalue weighted by atomic mass is 10.1. The van der Waals surface area contributed by atoms with Crippen LogP contribution >= 0.6 is 12.2 Å². The highest BCUT2D eigenvalue weighted by Crippen LogP contribution is 2.31. The Morgan fingerprint density at radius 1 is 1.05 bits per heavy atom. The fourth-order valence-corrected chi connectivity index (χ4v) is 2.33. The van der Waals surface area contributed by atoms with Crippen molar-refractivity contribution in [1.82, 2.24) is 4.90 Å². The van der Waals surface area contributed by atoms with Crippen LogP contribution in [0.5, 0.6) is 11.5 Å². The molecule has 5 heteroatoms. The van der Waals surface area contributed by atoms with Gasteiger partial charge in [-0.1, -0.05) is 30.3 Å². The first-order valence-corrected chi connectivity index (χ1v) is 7.33. The van der Waals surface area contributed by atoms with E-state index in [1.54, 1.807) is 14.2 Å². The molecule has 0 aromatic heterocycles. The van der Waals surface area contributed by atoms with Crippen LogP contribution in [0.3, 0.4) is 0 Å². The molecule has 22 heavy (non-hydrogen) atoms. The van der Waals surface area contributed by atoms with Crippen molar-refractivity contribution >= 4 is 23.0 Å². The largest absolute Gasteiger partial charge is 0.493 e. The molecule has 0 bridgehead atoms. The molecule has 0 saturated carbocycles. The van der Waals surface area contributed by atoms with Gasteiger partial charge in [-0.15, -0.1) is 0 Å². The number of benzene rings is 2. The van der Waals surface area contributed by atoms with Crippen LogP contribution in [0.2, 0.25) is 0 Å². The summed E-state index contributed by atoms with van der Waals surface area (Å²) in [7, 11) is 5.21. The quantitative estimate of drug-likeness (QED) is 0.854. The van der Waals surface area contributed by atoms with Crippen LogP contribution in [-0.4, -0.2) is 31.3 Å². The maximum atomic E-state index is 5.45. The van der Waals surface area contributed by atoms with Crippen molar-refractivity contribution in [3.05, 3.63) is 54.1 Å². The highest BCUT2D eigenvalue weighted by molar-refractivity contribution is 7.80. The number of nitrogens with one attached hydrogen (secondary N) is 1. The van der Waals surface area contributed by atoms with Crippen molar-refractivity contribution in [1.29, 1.82) is 0 Å². The van der Waals surface area contributed by atoms with Gasteiger partial charge in [0, 0.05) is 24.8 Å². The maximum absolute atomic E-state index is 5.45. The molecular weight excluding hydrogens is 296 g/mol. The first kappa shape index (κ1) is 16.1. The highest BCUT2D eigenvalue weighted by atomic mass is 32.1. The third kappa shape index (κ3) is 3.89. The van der Waals surface area contributed by atoms with E-state index in [9.17, 15) is 0 Å². The summed E-state index contributed by atoms with van der Waals surface area (Å²) in [6.45, 7) is 0.624. The van der Waals surface area contributed by atoms with E-state index in [0.29, 0.717) is 11.7 Å². The molecule has 0 heterocycles. The lowest BCUT2D eigenvalue weighted by Crippen LogP contribution is -2.30. The minimum Gasteiger partial charge on any atom is -0.493 e. The van der Waals surface area contributed by atoms with Crippen molar-refractivity contribution in [2.75, 3.05) is 26.6 Å². The van der Waals surface area contributed by atoms with Gasteiger partial charge < -0.3 is 19.7 Å². The summed E-state index contributed by atoms with van der Waals surface area (Å²) in [4.78, 5) is 1.96. The zero-order valence-corrected chi connectivity index (χ0v) is 13.8. The Morgan fingerprint density at radius 3 is 2.41 bits per heavy atom. The molecule has 0 spiro atoms. The van der Waals surface area contributed by atoms with Gasteiger partial charge in [0.15, 0.2) is 16.6 Å². The van der Waals surface area contributed by atoms with Crippen molar-refractivity contribution in [3.63, 3.8) is 0 Å². The van der Waals surface area contributed by atoms with E-state index in [1.807, 2.05) is 60.5 Å². The van der Waals surface area contributed by atoms with Gasteiger partial charge in [0.1, 0.15) is 0 Å². The zero-order chi connectivity index (χ0) is 15.9. The molecule has 116 valence electrons. The molecule has 2 aromatic rings. The van der Waals surface area contributed by atoms with Crippen molar-refractivity contribution in [2.24, 2.45) is 0 Å². The smallest absolute Gasteiger partial charge is 0.173 e. The van der Waals surface area contributed by atoms with Crippen LogP contribution in [0.4, 0.5) is 5.69 Å². The molecule has 1 N–H and O–H groups in total. The Kier molecular flexibility index (Phi) is 5.61. The average Bonchev–Trinajstić information content (AvgIpc) is 2.55. The lowest BCUT2D eigenvalue weighted by Gasteiger charge is -2.22. The Labute approximate surface area is 136 Å². The van der Waals surface area contributed by atoms with Crippen LogP contribution in [0.1, 0.15) is 5.56 Å². The summed E-state index contributed by atoms with van der Waals surface area (Å²) in [6.07, 6.45) is 0. The van der Waals surface area contributed by atoms with E-state index in [4.69, 9.17) is 21.7 Å². The zero-order valence-electron chi connectivity index (χ0n) is 13.0. The number of methoxy groups -OCH3 is 2. The van der Waals surface area contributed by atoms with E-state index in [-0.39, 0.29) is 0 Å². The number of para-hydroxylation sites is 2. The Bertz CT molecular complexity index is 632. The van der Waals surface area contributed by atoms with Gasteiger partial charge in [0.05, 0.1) is 14.2 Å². The van der Waals surface area contributed by atoms with Gasteiger partial charge >= 0.3 is 0 Å². The minimum absolute atomic E-state index is 0.624. The van der Waals surface area contributed by atoms with E-state index < -0.39 is 0 Å². The molecule has 2 aromatic carbocycles. The third-order valence-electron chi connectivity index (χ3n) is 3.26. The summed E-state index contributed by atoms with van der Waals surface area (Å²) in [6, 6.07) is 15.7. The monoisotopic (exact) mass is 316 g/mol. The van der Waals surface area contributed by atoms with Crippen LogP contribution in [0.15, 0.2) is 48.5 Å². The normalized spacial score (nSPS) is 9.95. The molecule has 4 nitrogen and oxygen atoms in total. The van der Waals surface area contributed by atoms with Crippen LogP contribution < -0.4 is 14.8 Å².